The fraction of sp³-hybridized carbons (Fsp3) is 0.353. The topological polar surface area (TPSA) is 52.5 Å². The molecule has 0 aliphatic carbocycles. The number of piperazine rings is 1. The summed E-state index contributed by atoms with van der Waals surface area (Å²) >= 11 is 0. The maximum atomic E-state index is 11.2. The molecule has 1 atom stereocenters. The number of nitrogens with zero attached hydrogens (tertiary/aromatic N) is 1. The minimum atomic E-state index is -0.395. The average molecular weight is 542 g/mol. The molecule has 4 aromatic rings. The largest absolute Gasteiger partial charge is 0.497 e. The van der Waals surface area contributed by atoms with Crippen molar-refractivity contribution in [2.45, 2.75) is 26.0 Å². The maximum absolute atomic E-state index is 11.2. The van der Waals surface area contributed by atoms with Gasteiger partial charge < -0.3 is 28.9 Å². The molecule has 5 rings (SSSR count). The molecule has 3 aromatic carbocycles. The standard InChI is InChI=1S/C34H41N3O3/c1-5-30(34(25-10-14-28(39-3)15-11-25)26-12-16-29(40-4)17-13-26)32-24-37(33-9-7-6-8-31(32)33)23-27(38)22-36-20-18-35(2)19-21-36/h6-17,24,27,38H,5,18-23H2,1-4H3/p+2/t27-/m0/s1. The molecule has 210 valence electrons. The second-order valence-electron chi connectivity index (χ2n) is 10.9. The normalized spacial score (nSPS) is 17.9. The van der Waals surface area contributed by atoms with Gasteiger partial charge in [0.15, 0.2) is 0 Å². The van der Waals surface area contributed by atoms with E-state index in [1.165, 1.54) is 40.1 Å². The van der Waals surface area contributed by atoms with E-state index in [2.05, 4.69) is 73.3 Å². The highest BCUT2D eigenvalue weighted by atomic mass is 16.5. The number of allylic oxidation sites excluding steroid dienone is 1. The number of methoxy groups -OCH3 is 2. The summed E-state index contributed by atoms with van der Waals surface area (Å²) in [4.78, 5) is 3.09. The van der Waals surface area contributed by atoms with Crippen molar-refractivity contribution in [3.8, 4) is 11.5 Å². The lowest BCUT2D eigenvalue weighted by molar-refractivity contribution is -1.00. The Morgan fingerprint density at radius 1 is 0.850 bits per heavy atom. The van der Waals surface area contributed by atoms with E-state index in [9.17, 15) is 5.11 Å². The molecule has 1 aliphatic heterocycles. The molecular weight excluding hydrogens is 498 g/mol. The Kier molecular flexibility index (Phi) is 8.90. The molecule has 6 heteroatoms. The highest BCUT2D eigenvalue weighted by Crippen LogP contribution is 2.39. The number of nitrogens with one attached hydrogen (secondary N) is 2. The first kappa shape index (κ1) is 28.0. The van der Waals surface area contributed by atoms with Crippen LogP contribution in [0, 0.1) is 0 Å². The number of aliphatic hydroxyl groups excluding tert-OH is 1. The Balaban J connectivity index is 1.57. The van der Waals surface area contributed by atoms with Crippen LogP contribution in [0.4, 0.5) is 0 Å². The van der Waals surface area contributed by atoms with Crippen molar-refractivity contribution in [2.24, 2.45) is 0 Å². The van der Waals surface area contributed by atoms with Crippen molar-refractivity contribution in [1.82, 2.24) is 4.57 Å². The number of benzene rings is 3. The van der Waals surface area contributed by atoms with E-state index in [0.29, 0.717) is 6.54 Å². The Morgan fingerprint density at radius 2 is 1.43 bits per heavy atom. The van der Waals surface area contributed by atoms with Crippen LogP contribution in [0.1, 0.15) is 30.0 Å². The van der Waals surface area contributed by atoms with Crippen LogP contribution in [-0.2, 0) is 6.54 Å². The number of aliphatic hydroxyl groups is 1. The van der Waals surface area contributed by atoms with Crippen LogP contribution in [-0.4, -0.2) is 69.8 Å². The summed E-state index contributed by atoms with van der Waals surface area (Å²) in [5.74, 6) is 1.68. The van der Waals surface area contributed by atoms with E-state index >= 15 is 0 Å². The van der Waals surface area contributed by atoms with Gasteiger partial charge in [0.2, 0.25) is 0 Å². The second-order valence-corrected chi connectivity index (χ2v) is 10.9. The number of para-hydroxylation sites is 1. The highest BCUT2D eigenvalue weighted by molar-refractivity contribution is 6.05. The highest BCUT2D eigenvalue weighted by Gasteiger charge is 2.24. The summed E-state index contributed by atoms with van der Waals surface area (Å²) in [7, 11) is 5.65. The van der Waals surface area contributed by atoms with Gasteiger partial charge in [0.25, 0.3) is 0 Å². The number of aromatic nitrogens is 1. The van der Waals surface area contributed by atoms with Crippen molar-refractivity contribution < 1.29 is 24.4 Å². The zero-order chi connectivity index (χ0) is 28.1. The van der Waals surface area contributed by atoms with Gasteiger partial charge in [-0.05, 0) is 59.0 Å². The molecule has 0 bridgehead atoms. The summed E-state index contributed by atoms with van der Waals surface area (Å²) in [6.45, 7) is 8.18. The van der Waals surface area contributed by atoms with Gasteiger partial charge in [-0.1, -0.05) is 49.4 Å². The Labute approximate surface area is 238 Å². The number of hydrogen-bond donors (Lipinski definition) is 3. The van der Waals surface area contributed by atoms with E-state index < -0.39 is 6.10 Å². The van der Waals surface area contributed by atoms with Crippen molar-refractivity contribution in [3.63, 3.8) is 0 Å². The molecule has 0 unspecified atom stereocenters. The van der Waals surface area contributed by atoms with E-state index in [1.54, 1.807) is 19.1 Å². The zero-order valence-electron chi connectivity index (χ0n) is 24.2. The van der Waals surface area contributed by atoms with Gasteiger partial charge >= 0.3 is 0 Å². The SMILES string of the molecule is CCC(=C(c1ccc(OC)cc1)c1ccc(OC)cc1)c1cn(C[C@@H](O)C[NH+]2CC[NH+](C)CC2)c2ccccc12. The lowest BCUT2D eigenvalue weighted by Crippen LogP contribution is -3.27. The van der Waals surface area contributed by atoms with Gasteiger partial charge in [-0.3, -0.25) is 0 Å². The molecule has 6 nitrogen and oxygen atoms in total. The van der Waals surface area contributed by atoms with E-state index in [0.717, 1.165) is 54.2 Å². The summed E-state index contributed by atoms with van der Waals surface area (Å²) in [6, 6.07) is 25.2. The fourth-order valence-corrected chi connectivity index (χ4v) is 6.03. The van der Waals surface area contributed by atoms with Gasteiger partial charge in [-0.15, -0.1) is 0 Å². The Morgan fingerprint density at radius 3 is 1.98 bits per heavy atom. The first-order chi connectivity index (χ1) is 19.5. The molecule has 1 aromatic heterocycles. The van der Waals surface area contributed by atoms with Gasteiger partial charge in [-0.25, -0.2) is 0 Å². The number of rotatable bonds is 10. The minimum absolute atomic E-state index is 0.395. The summed E-state index contributed by atoms with van der Waals surface area (Å²) < 4.78 is 13.2. The lowest BCUT2D eigenvalue weighted by Gasteiger charge is -2.28. The predicted octanol–water partition coefficient (Wildman–Crippen LogP) is 2.80. The molecule has 0 saturated carbocycles. The number of hydrogen-bond acceptors (Lipinski definition) is 3. The summed E-state index contributed by atoms with van der Waals surface area (Å²) in [5, 5.41) is 12.4. The molecule has 0 amide bonds. The molecule has 0 radical (unpaired) electrons. The average Bonchev–Trinajstić information content (AvgIpc) is 3.35. The summed E-state index contributed by atoms with van der Waals surface area (Å²) in [6.07, 6.45) is 2.72. The lowest BCUT2D eigenvalue weighted by atomic mass is 9.88. The minimum Gasteiger partial charge on any atom is -0.497 e. The summed E-state index contributed by atoms with van der Waals surface area (Å²) in [5.41, 5.74) is 7.11. The predicted molar refractivity (Wildman–Crippen MR) is 162 cm³/mol. The smallest absolute Gasteiger partial charge is 0.127 e. The van der Waals surface area contributed by atoms with Crippen LogP contribution in [0.25, 0.3) is 22.0 Å². The van der Waals surface area contributed by atoms with Gasteiger partial charge in [0, 0.05) is 22.7 Å². The molecule has 3 N–H and O–H groups in total. The number of likely N-dealkylation sites (N-methyl/N-ethyl adjacent to an activating group) is 1. The number of ether oxygens (including phenoxy) is 2. The van der Waals surface area contributed by atoms with E-state index in [-0.39, 0.29) is 0 Å². The van der Waals surface area contributed by atoms with Crippen LogP contribution >= 0.6 is 0 Å². The van der Waals surface area contributed by atoms with Crippen molar-refractivity contribution in [1.29, 1.82) is 0 Å². The Hall–Kier alpha value is -3.58. The zero-order valence-corrected chi connectivity index (χ0v) is 24.2. The fourth-order valence-electron chi connectivity index (χ4n) is 6.03. The first-order valence-electron chi connectivity index (χ1n) is 14.4. The third-order valence-electron chi connectivity index (χ3n) is 8.27. The van der Waals surface area contributed by atoms with Crippen LogP contribution in [0.5, 0.6) is 11.5 Å². The van der Waals surface area contributed by atoms with Crippen LogP contribution in [0.15, 0.2) is 79.0 Å². The van der Waals surface area contributed by atoms with Crippen molar-refractivity contribution in [3.05, 3.63) is 95.7 Å². The van der Waals surface area contributed by atoms with Crippen molar-refractivity contribution in [2.75, 3.05) is 54.0 Å². The number of quaternary nitrogens is 2. The van der Waals surface area contributed by atoms with Crippen LogP contribution in [0.3, 0.4) is 0 Å². The molecule has 1 aliphatic rings. The first-order valence-corrected chi connectivity index (χ1v) is 14.4. The molecule has 40 heavy (non-hydrogen) atoms. The third kappa shape index (κ3) is 6.09. The van der Waals surface area contributed by atoms with Crippen molar-refractivity contribution >= 4 is 22.0 Å². The van der Waals surface area contributed by atoms with E-state index in [1.807, 2.05) is 24.3 Å². The van der Waals surface area contributed by atoms with Crippen LogP contribution in [0.2, 0.25) is 0 Å². The molecule has 1 saturated heterocycles. The number of fused-ring (bicyclic) bond motifs is 1. The third-order valence-corrected chi connectivity index (χ3v) is 8.27. The second kappa shape index (κ2) is 12.7. The monoisotopic (exact) mass is 541 g/mol. The van der Waals surface area contributed by atoms with Gasteiger partial charge in [-0.2, -0.15) is 0 Å². The van der Waals surface area contributed by atoms with E-state index in [4.69, 9.17) is 9.47 Å². The van der Waals surface area contributed by atoms with Crippen LogP contribution < -0.4 is 19.3 Å². The molecule has 2 heterocycles. The molecule has 0 spiro atoms. The van der Waals surface area contributed by atoms with Gasteiger partial charge in [0.05, 0.1) is 27.8 Å². The molecular formula is C34H43N3O3+2. The maximum Gasteiger partial charge on any atom is 0.127 e. The Bertz CT molecular complexity index is 1380. The molecule has 1 fully saturated rings. The quantitative estimate of drug-likeness (QED) is 0.290. The van der Waals surface area contributed by atoms with Gasteiger partial charge in [0.1, 0.15) is 50.3 Å².